The monoisotopic (exact) mass is 201 g/mol. The van der Waals surface area contributed by atoms with Crippen molar-refractivity contribution >= 4 is 47.9 Å². The van der Waals surface area contributed by atoms with Crippen LogP contribution < -0.4 is 0 Å². The predicted molar refractivity (Wildman–Crippen MR) is 42.0 cm³/mol. The van der Waals surface area contributed by atoms with Gasteiger partial charge in [-0.1, -0.05) is 0 Å². The summed E-state index contributed by atoms with van der Waals surface area (Å²) in [5, 5.41) is 0. The van der Waals surface area contributed by atoms with E-state index in [1.165, 1.54) is 18.3 Å². The molecular formula is C5H7CaNO3S. The Labute approximate surface area is 97.4 Å². The Bertz CT molecular complexity index is 318. The average Bonchev–Trinajstić information content (AvgIpc) is 1.88. The first-order valence-electron chi connectivity index (χ1n) is 2.48. The summed E-state index contributed by atoms with van der Waals surface area (Å²) < 4.78 is 29.1. The van der Waals surface area contributed by atoms with Gasteiger partial charge in [0, 0.05) is 12.4 Å². The Morgan fingerprint density at radius 3 is 2.45 bits per heavy atom. The second kappa shape index (κ2) is 4.37. The molecule has 0 aliphatic carbocycles. The van der Waals surface area contributed by atoms with Crippen LogP contribution in [-0.4, -0.2) is 55.7 Å². The molecule has 0 bridgehead atoms. The van der Waals surface area contributed by atoms with E-state index in [2.05, 4.69) is 4.98 Å². The zero-order chi connectivity index (χ0) is 7.61. The maximum absolute atomic E-state index is 10.3. The Kier molecular flexibility index (Phi) is 4.50. The number of hydrogen-bond acceptors (Lipinski definition) is 3. The van der Waals surface area contributed by atoms with E-state index in [-0.39, 0.29) is 45.5 Å². The Balaban J connectivity index is -0.000000333. The van der Waals surface area contributed by atoms with Gasteiger partial charge in [-0.05, 0) is 12.1 Å². The molecule has 6 heteroatoms. The van der Waals surface area contributed by atoms with Gasteiger partial charge >= 0.3 is 37.7 Å². The molecular weight excluding hydrogens is 194 g/mol. The second-order valence-corrected chi connectivity index (χ2v) is 3.09. The Morgan fingerprint density at radius 1 is 1.55 bits per heavy atom. The van der Waals surface area contributed by atoms with E-state index in [0.29, 0.717) is 0 Å². The van der Waals surface area contributed by atoms with Crippen molar-refractivity contribution in [3.8, 4) is 0 Å². The third kappa shape index (κ3) is 3.48. The maximum Gasteiger partial charge on any atom is 2.00 e. The number of rotatable bonds is 1. The van der Waals surface area contributed by atoms with Gasteiger partial charge in [0.1, 0.15) is 4.90 Å². The first-order valence-corrected chi connectivity index (χ1v) is 3.92. The number of nitrogens with zero attached hydrogens (tertiary/aromatic N) is 1. The van der Waals surface area contributed by atoms with Crippen molar-refractivity contribution in [1.29, 1.82) is 0 Å². The summed E-state index contributed by atoms with van der Waals surface area (Å²) in [6.45, 7) is 0. The van der Waals surface area contributed by atoms with Crippen molar-refractivity contribution < 1.29 is 15.8 Å². The minimum Gasteiger partial charge on any atom is -1.00 e. The molecule has 0 saturated heterocycles. The first kappa shape index (κ1) is 11.3. The molecule has 0 saturated carbocycles. The fourth-order valence-electron chi connectivity index (χ4n) is 0.500. The summed E-state index contributed by atoms with van der Waals surface area (Å²) in [7, 11) is -4.07. The molecule has 58 valence electrons. The molecule has 0 aliphatic heterocycles. The van der Waals surface area contributed by atoms with Crippen LogP contribution in [-0.2, 0) is 10.1 Å². The molecule has 0 unspecified atom stereocenters. The average molecular weight is 201 g/mol. The van der Waals surface area contributed by atoms with Crippen LogP contribution in [0.1, 0.15) is 2.85 Å². The van der Waals surface area contributed by atoms with Crippen molar-refractivity contribution in [3.05, 3.63) is 24.5 Å². The normalized spacial score (nSPS) is 10.3. The van der Waals surface area contributed by atoms with Gasteiger partial charge in [0.05, 0.1) is 0 Å². The van der Waals surface area contributed by atoms with Gasteiger partial charge in [0.25, 0.3) is 10.1 Å². The molecule has 0 amide bonds. The zero-order valence-electron chi connectivity index (χ0n) is 7.64. The van der Waals surface area contributed by atoms with Crippen LogP contribution in [0.25, 0.3) is 0 Å². The van der Waals surface area contributed by atoms with E-state index >= 15 is 0 Å². The molecule has 11 heavy (non-hydrogen) atoms. The van der Waals surface area contributed by atoms with E-state index in [0.717, 1.165) is 6.20 Å². The van der Waals surface area contributed by atoms with Crippen molar-refractivity contribution in [2.24, 2.45) is 0 Å². The Hall–Kier alpha value is 0.320. The minimum atomic E-state index is -4.07. The van der Waals surface area contributed by atoms with Crippen molar-refractivity contribution in [2.45, 2.75) is 4.90 Å². The van der Waals surface area contributed by atoms with Crippen LogP contribution >= 0.6 is 0 Å². The van der Waals surface area contributed by atoms with Gasteiger partial charge in [-0.25, -0.2) is 0 Å². The molecule has 1 rings (SSSR count). The molecule has 1 aromatic heterocycles. The van der Waals surface area contributed by atoms with Crippen LogP contribution in [0.5, 0.6) is 0 Å². The van der Waals surface area contributed by atoms with Crippen LogP contribution in [0.15, 0.2) is 29.4 Å². The number of hydrogen-bond donors (Lipinski definition) is 1. The zero-order valence-corrected chi connectivity index (χ0v) is 8.66. The quantitative estimate of drug-likeness (QED) is 0.519. The van der Waals surface area contributed by atoms with Crippen molar-refractivity contribution in [1.82, 2.24) is 4.98 Å². The van der Waals surface area contributed by atoms with E-state index in [1.54, 1.807) is 0 Å². The fraction of sp³-hybridized carbons (Fsp3) is 0. The summed E-state index contributed by atoms with van der Waals surface area (Å²) in [6.07, 6.45) is 2.50. The van der Waals surface area contributed by atoms with Gasteiger partial charge in [-0.2, -0.15) is 8.42 Å². The van der Waals surface area contributed by atoms with Gasteiger partial charge in [0.2, 0.25) is 0 Å². The molecule has 4 nitrogen and oxygen atoms in total. The molecule has 1 heterocycles. The van der Waals surface area contributed by atoms with E-state index in [9.17, 15) is 8.42 Å². The molecule has 1 aromatic rings. The van der Waals surface area contributed by atoms with E-state index in [4.69, 9.17) is 4.55 Å². The maximum atomic E-state index is 10.3. The van der Waals surface area contributed by atoms with E-state index < -0.39 is 10.1 Å². The van der Waals surface area contributed by atoms with Gasteiger partial charge < -0.3 is 2.85 Å². The largest absolute Gasteiger partial charge is 2.00 e. The van der Waals surface area contributed by atoms with Crippen LogP contribution in [0.4, 0.5) is 0 Å². The van der Waals surface area contributed by atoms with Gasteiger partial charge in [0.15, 0.2) is 0 Å². The molecule has 0 radical (unpaired) electrons. The molecule has 0 atom stereocenters. The molecule has 0 aromatic carbocycles. The topological polar surface area (TPSA) is 67.3 Å². The molecule has 0 spiro atoms. The summed E-state index contributed by atoms with van der Waals surface area (Å²) >= 11 is 0. The summed E-state index contributed by atoms with van der Waals surface area (Å²) in [5.41, 5.74) is 0. The molecule has 0 aliphatic rings. The summed E-state index contributed by atoms with van der Waals surface area (Å²) in [6, 6.07) is 2.70. The van der Waals surface area contributed by atoms with Crippen molar-refractivity contribution in [3.63, 3.8) is 0 Å². The standard InChI is InChI=1S/C5H5NO3S.Ca.2H/c7-10(8,9)5-2-1-3-6-4-5;;;/h1-4H,(H,7,8,9);;;/q;+2;2*-1. The second-order valence-electron chi connectivity index (χ2n) is 1.66. The predicted octanol–water partition coefficient (Wildman–Crippen LogP) is 0.173. The third-order valence-corrected chi connectivity index (χ3v) is 1.77. The van der Waals surface area contributed by atoms with Crippen molar-refractivity contribution in [2.75, 3.05) is 0 Å². The fourth-order valence-corrected chi connectivity index (χ4v) is 0.944. The smallest absolute Gasteiger partial charge is 1.00 e. The molecule has 0 fully saturated rings. The number of pyridine rings is 1. The molecule has 1 N–H and O–H groups in total. The van der Waals surface area contributed by atoms with E-state index in [1.807, 2.05) is 0 Å². The van der Waals surface area contributed by atoms with Gasteiger partial charge in [-0.3, -0.25) is 9.54 Å². The third-order valence-electron chi connectivity index (χ3n) is 0.932. The van der Waals surface area contributed by atoms with Crippen LogP contribution in [0.3, 0.4) is 0 Å². The van der Waals surface area contributed by atoms with Crippen LogP contribution in [0, 0.1) is 0 Å². The van der Waals surface area contributed by atoms with Gasteiger partial charge in [-0.15, -0.1) is 0 Å². The van der Waals surface area contributed by atoms with Crippen LogP contribution in [0.2, 0.25) is 0 Å². The Morgan fingerprint density at radius 2 is 2.18 bits per heavy atom. The number of aromatic nitrogens is 1. The summed E-state index contributed by atoms with van der Waals surface area (Å²) in [4.78, 5) is 3.33. The summed E-state index contributed by atoms with van der Waals surface area (Å²) in [5.74, 6) is 0. The minimum absolute atomic E-state index is 0. The first-order chi connectivity index (χ1) is 4.61. The SMILES string of the molecule is O=S(=O)(O)c1cccnc1.[Ca+2].[H-].[H-].